The highest BCUT2D eigenvalue weighted by molar-refractivity contribution is 5.92. The van der Waals surface area contributed by atoms with E-state index in [9.17, 15) is 29.1 Å². The molecule has 4 atom stereocenters. The summed E-state index contributed by atoms with van der Waals surface area (Å²) in [4.78, 5) is 65.0. The molecule has 0 aliphatic carbocycles. The zero-order valence-corrected chi connectivity index (χ0v) is 23.3. The molecule has 0 aromatic heterocycles. The van der Waals surface area contributed by atoms with Crippen molar-refractivity contribution < 1.29 is 48.0 Å². The van der Waals surface area contributed by atoms with E-state index >= 15 is 0 Å². The molecule has 0 heterocycles. The van der Waals surface area contributed by atoms with Crippen LogP contribution in [0.1, 0.15) is 41.4 Å². The zero-order valence-electron chi connectivity index (χ0n) is 23.3. The fourth-order valence-corrected chi connectivity index (χ4v) is 4.13. The minimum Gasteiger partial charge on any atom is -0.452 e. The van der Waals surface area contributed by atoms with Crippen molar-refractivity contribution in [1.82, 2.24) is 0 Å². The number of hydrogen-bond donors (Lipinski definition) is 1. The van der Waals surface area contributed by atoms with E-state index in [0.29, 0.717) is 0 Å². The molecule has 10 heteroatoms. The normalized spacial score (nSPS) is 13.3. The van der Waals surface area contributed by atoms with Crippen LogP contribution < -0.4 is 0 Å². The topological polar surface area (TPSA) is 143 Å². The molecular formula is C34H28O10. The molecule has 0 unspecified atom stereocenters. The van der Waals surface area contributed by atoms with Gasteiger partial charge in [-0.3, -0.25) is 4.79 Å². The number of benzene rings is 4. The highest BCUT2D eigenvalue weighted by Gasteiger charge is 2.45. The molecule has 10 nitrogen and oxygen atoms in total. The Kier molecular flexibility index (Phi) is 11.1. The maximum Gasteiger partial charge on any atom is 0.338 e. The Morgan fingerprint density at radius 3 is 1.16 bits per heavy atom. The van der Waals surface area contributed by atoms with Crippen LogP contribution in [0.5, 0.6) is 0 Å². The maximum absolute atomic E-state index is 13.3. The second kappa shape index (κ2) is 15.6. The quantitative estimate of drug-likeness (QED) is 0.136. The lowest BCUT2D eigenvalue weighted by Crippen LogP contribution is -2.53. The third-order valence-corrected chi connectivity index (χ3v) is 6.35. The minimum absolute atomic E-state index is 0.0616. The second-order valence-corrected chi connectivity index (χ2v) is 9.34. The van der Waals surface area contributed by atoms with Gasteiger partial charge < -0.3 is 24.1 Å². The summed E-state index contributed by atoms with van der Waals surface area (Å²) >= 11 is 0. The standard InChI is InChI=1S/C34H28O10/c35-21-27(41-31(37)23-13-5-1-6-14-23)29(43-33(39)25-17-9-3-10-18-25)30(44-34(40)26-19-11-4-12-20-26)28(22-36)42-32(38)24-15-7-2-8-16-24/h1-21,27-30,36H,22H2/t27-,28-,29+,30+/m0/s1. The Balaban J connectivity index is 1.75. The van der Waals surface area contributed by atoms with Gasteiger partial charge in [-0.25, -0.2) is 19.2 Å². The number of rotatable bonds is 13. The van der Waals surface area contributed by atoms with E-state index < -0.39 is 54.9 Å². The summed E-state index contributed by atoms with van der Waals surface area (Å²) in [6, 6.07) is 30.9. The van der Waals surface area contributed by atoms with E-state index in [1.807, 2.05) is 0 Å². The smallest absolute Gasteiger partial charge is 0.338 e. The Labute approximate surface area is 252 Å². The van der Waals surface area contributed by atoms with Crippen molar-refractivity contribution in [1.29, 1.82) is 0 Å². The number of aldehydes is 1. The van der Waals surface area contributed by atoms with Crippen molar-refractivity contribution in [2.45, 2.75) is 24.4 Å². The van der Waals surface area contributed by atoms with Gasteiger partial charge in [-0.05, 0) is 48.5 Å². The zero-order chi connectivity index (χ0) is 31.3. The largest absolute Gasteiger partial charge is 0.452 e. The first-order valence-corrected chi connectivity index (χ1v) is 13.5. The predicted octanol–water partition coefficient (Wildman–Crippen LogP) is 4.08. The van der Waals surface area contributed by atoms with E-state index in [1.54, 1.807) is 72.8 Å². The summed E-state index contributed by atoms with van der Waals surface area (Å²) in [7, 11) is 0. The van der Waals surface area contributed by atoms with Gasteiger partial charge in [-0.2, -0.15) is 0 Å². The molecule has 0 saturated carbocycles. The molecule has 0 amide bonds. The molecule has 0 fully saturated rings. The van der Waals surface area contributed by atoms with Crippen LogP contribution in [0.2, 0.25) is 0 Å². The monoisotopic (exact) mass is 596 g/mol. The minimum atomic E-state index is -1.87. The highest BCUT2D eigenvalue weighted by Crippen LogP contribution is 2.23. The first-order valence-electron chi connectivity index (χ1n) is 13.5. The van der Waals surface area contributed by atoms with Gasteiger partial charge in [0.15, 0.2) is 30.7 Å². The number of carbonyl (C=O) groups is 5. The number of ether oxygens (including phenoxy) is 4. The Morgan fingerprint density at radius 1 is 0.500 bits per heavy atom. The third kappa shape index (κ3) is 8.24. The fourth-order valence-electron chi connectivity index (χ4n) is 4.13. The van der Waals surface area contributed by atoms with Gasteiger partial charge in [0, 0.05) is 0 Å². The van der Waals surface area contributed by atoms with Crippen LogP contribution in [0.4, 0.5) is 0 Å². The number of aliphatic hydroxyl groups excluding tert-OH is 1. The van der Waals surface area contributed by atoms with Crippen molar-refractivity contribution in [3.63, 3.8) is 0 Å². The van der Waals surface area contributed by atoms with Crippen LogP contribution in [0.25, 0.3) is 0 Å². The Morgan fingerprint density at radius 2 is 0.818 bits per heavy atom. The van der Waals surface area contributed by atoms with Crippen LogP contribution in [0, 0.1) is 0 Å². The third-order valence-electron chi connectivity index (χ3n) is 6.35. The van der Waals surface area contributed by atoms with Gasteiger partial charge in [0.2, 0.25) is 0 Å². The summed E-state index contributed by atoms with van der Waals surface area (Å²) in [6.45, 7) is -0.928. The lowest BCUT2D eigenvalue weighted by molar-refractivity contribution is -0.142. The Hall–Kier alpha value is -5.61. The average molecular weight is 597 g/mol. The van der Waals surface area contributed by atoms with Gasteiger partial charge in [-0.15, -0.1) is 0 Å². The van der Waals surface area contributed by atoms with E-state index in [4.69, 9.17) is 18.9 Å². The molecule has 0 spiro atoms. The summed E-state index contributed by atoms with van der Waals surface area (Å²) in [5, 5.41) is 10.4. The molecule has 224 valence electrons. The van der Waals surface area contributed by atoms with Crippen molar-refractivity contribution >= 4 is 30.2 Å². The first kappa shape index (κ1) is 31.3. The first-order chi connectivity index (χ1) is 21.4. The van der Waals surface area contributed by atoms with Crippen molar-refractivity contribution in [2.24, 2.45) is 0 Å². The average Bonchev–Trinajstić information content (AvgIpc) is 3.09. The Bertz CT molecular complexity index is 1540. The van der Waals surface area contributed by atoms with Crippen LogP contribution in [0.15, 0.2) is 121 Å². The number of esters is 4. The lowest BCUT2D eigenvalue weighted by atomic mass is 10.0. The van der Waals surface area contributed by atoms with Gasteiger partial charge in [0.1, 0.15) is 0 Å². The van der Waals surface area contributed by atoms with Gasteiger partial charge in [0.25, 0.3) is 0 Å². The van der Waals surface area contributed by atoms with E-state index in [0.717, 1.165) is 0 Å². The van der Waals surface area contributed by atoms with Crippen LogP contribution in [0.3, 0.4) is 0 Å². The van der Waals surface area contributed by atoms with Crippen molar-refractivity contribution in [2.75, 3.05) is 6.61 Å². The van der Waals surface area contributed by atoms with Crippen LogP contribution in [-0.2, 0) is 23.7 Å². The van der Waals surface area contributed by atoms with Crippen molar-refractivity contribution in [3.8, 4) is 0 Å². The summed E-state index contributed by atoms with van der Waals surface area (Å²) in [6.07, 6.45) is -7.05. The van der Waals surface area contributed by atoms with E-state index in [1.165, 1.54) is 48.5 Å². The molecule has 0 bridgehead atoms. The molecule has 0 radical (unpaired) electrons. The van der Waals surface area contributed by atoms with E-state index in [-0.39, 0.29) is 28.5 Å². The number of hydrogen-bond acceptors (Lipinski definition) is 10. The number of aliphatic hydroxyl groups is 1. The van der Waals surface area contributed by atoms with Crippen LogP contribution >= 0.6 is 0 Å². The van der Waals surface area contributed by atoms with Gasteiger partial charge in [0.05, 0.1) is 28.9 Å². The number of carbonyl (C=O) groups excluding carboxylic acids is 5. The molecule has 4 rings (SSSR count). The molecule has 0 saturated heterocycles. The molecule has 4 aromatic carbocycles. The summed E-state index contributed by atoms with van der Waals surface area (Å²) in [5.74, 6) is -3.77. The highest BCUT2D eigenvalue weighted by atomic mass is 16.6. The second-order valence-electron chi connectivity index (χ2n) is 9.34. The molecule has 4 aromatic rings. The van der Waals surface area contributed by atoms with Gasteiger partial charge in [-0.1, -0.05) is 72.8 Å². The van der Waals surface area contributed by atoms with Crippen LogP contribution in [-0.4, -0.2) is 66.3 Å². The van der Waals surface area contributed by atoms with Crippen molar-refractivity contribution in [3.05, 3.63) is 144 Å². The molecule has 0 aliphatic rings. The molecule has 44 heavy (non-hydrogen) atoms. The molecule has 1 N–H and O–H groups in total. The van der Waals surface area contributed by atoms with Gasteiger partial charge >= 0.3 is 23.9 Å². The lowest BCUT2D eigenvalue weighted by Gasteiger charge is -2.34. The molecular weight excluding hydrogens is 568 g/mol. The summed E-state index contributed by atoms with van der Waals surface area (Å²) < 4.78 is 22.3. The summed E-state index contributed by atoms with van der Waals surface area (Å²) in [5.41, 5.74) is 0.325. The van der Waals surface area contributed by atoms with E-state index in [2.05, 4.69) is 0 Å². The fraction of sp³-hybridized carbons (Fsp3) is 0.147. The molecule has 0 aliphatic heterocycles. The maximum atomic E-state index is 13.3. The predicted molar refractivity (Wildman–Crippen MR) is 156 cm³/mol. The SMILES string of the molecule is O=C[C@H](OC(=O)c1ccccc1)[C@@H](OC(=O)c1ccccc1)[C@H](OC(=O)c1ccccc1)[C@H](CO)OC(=O)c1ccccc1.